The number of H-pyrrole nitrogens is 1. The first kappa shape index (κ1) is 16.5. The molecule has 0 atom stereocenters. The molecule has 0 saturated carbocycles. The van der Waals surface area contributed by atoms with Gasteiger partial charge < -0.3 is 10.4 Å². The monoisotopic (exact) mass is 348 g/mol. The number of carboxylic acids is 1. The van der Waals surface area contributed by atoms with Crippen LogP contribution in [0.15, 0.2) is 48.5 Å². The summed E-state index contributed by atoms with van der Waals surface area (Å²) in [6.45, 7) is 0. The summed E-state index contributed by atoms with van der Waals surface area (Å²) in [4.78, 5) is 11.0. The number of aromatic amines is 1. The third kappa shape index (κ3) is 3.60. The van der Waals surface area contributed by atoms with Crippen molar-refractivity contribution in [3.63, 3.8) is 0 Å². The maximum atomic E-state index is 12.6. The van der Waals surface area contributed by atoms with Gasteiger partial charge in [0, 0.05) is 5.69 Å². The van der Waals surface area contributed by atoms with Gasteiger partial charge in [0.05, 0.1) is 5.56 Å². The Labute approximate surface area is 139 Å². The fourth-order valence-electron chi connectivity index (χ4n) is 2.20. The van der Waals surface area contributed by atoms with Crippen LogP contribution in [-0.2, 0) is 6.18 Å². The molecule has 0 amide bonds. The quantitative estimate of drug-likeness (QED) is 0.664. The summed E-state index contributed by atoms with van der Waals surface area (Å²) in [5, 5.41) is 21.2. The lowest BCUT2D eigenvalue weighted by Gasteiger charge is -2.09. The molecule has 0 saturated heterocycles. The van der Waals surface area contributed by atoms with E-state index in [9.17, 15) is 18.0 Å². The Hall–Kier alpha value is -3.36. The van der Waals surface area contributed by atoms with E-state index >= 15 is 0 Å². The second kappa shape index (κ2) is 6.27. The van der Waals surface area contributed by atoms with Gasteiger partial charge >= 0.3 is 12.1 Å². The van der Waals surface area contributed by atoms with Crippen molar-refractivity contribution in [1.82, 2.24) is 15.4 Å². The molecule has 6 nitrogen and oxygen atoms in total. The van der Waals surface area contributed by atoms with Crippen molar-refractivity contribution in [2.75, 3.05) is 5.32 Å². The van der Waals surface area contributed by atoms with E-state index in [1.165, 1.54) is 12.1 Å². The second-order valence-electron chi connectivity index (χ2n) is 5.10. The summed E-state index contributed by atoms with van der Waals surface area (Å²) in [5.41, 5.74) is 0.964. The van der Waals surface area contributed by atoms with Crippen LogP contribution < -0.4 is 5.32 Å². The van der Waals surface area contributed by atoms with Gasteiger partial charge in [-0.15, -0.1) is 10.2 Å². The predicted molar refractivity (Wildman–Crippen MR) is 83.5 cm³/mol. The zero-order chi connectivity index (χ0) is 18.0. The summed E-state index contributed by atoms with van der Waals surface area (Å²) in [5.74, 6) is -1.16. The number of benzene rings is 2. The van der Waals surface area contributed by atoms with Gasteiger partial charge in [-0.1, -0.05) is 24.3 Å². The lowest BCUT2D eigenvalue weighted by molar-refractivity contribution is -0.137. The van der Waals surface area contributed by atoms with Gasteiger partial charge in [0.25, 0.3) is 0 Å². The summed E-state index contributed by atoms with van der Waals surface area (Å²) in [6.07, 6.45) is -4.37. The molecule has 25 heavy (non-hydrogen) atoms. The Balaban J connectivity index is 1.78. The third-order valence-electron chi connectivity index (χ3n) is 3.44. The number of nitrogens with zero attached hydrogens (tertiary/aromatic N) is 2. The highest BCUT2D eigenvalue weighted by Gasteiger charge is 2.29. The van der Waals surface area contributed by atoms with E-state index in [4.69, 9.17) is 5.11 Å². The van der Waals surface area contributed by atoms with Crippen molar-refractivity contribution < 1.29 is 23.1 Å². The molecule has 9 heteroatoms. The van der Waals surface area contributed by atoms with Crippen LogP contribution in [-0.4, -0.2) is 26.5 Å². The number of carbonyl (C=O) groups is 1. The van der Waals surface area contributed by atoms with Crippen molar-refractivity contribution in [2.45, 2.75) is 6.18 Å². The number of nitrogens with one attached hydrogen (secondary N) is 2. The van der Waals surface area contributed by atoms with E-state index in [-0.39, 0.29) is 11.5 Å². The first-order chi connectivity index (χ1) is 11.8. The molecule has 1 heterocycles. The molecule has 0 spiro atoms. The van der Waals surface area contributed by atoms with Crippen LogP contribution in [0.3, 0.4) is 0 Å². The molecule has 0 fully saturated rings. The Morgan fingerprint density at radius 2 is 1.52 bits per heavy atom. The second-order valence-corrected chi connectivity index (χ2v) is 5.10. The van der Waals surface area contributed by atoms with E-state index in [2.05, 4.69) is 20.7 Å². The number of rotatable bonds is 4. The smallest absolute Gasteiger partial charge is 0.416 e. The average Bonchev–Trinajstić information content (AvgIpc) is 3.03. The summed E-state index contributed by atoms with van der Waals surface area (Å²) < 4.78 is 37.7. The first-order valence-electron chi connectivity index (χ1n) is 7.03. The molecule has 0 radical (unpaired) electrons. The minimum absolute atomic E-state index is 0.0646. The van der Waals surface area contributed by atoms with Crippen molar-refractivity contribution >= 4 is 17.5 Å². The molecule has 2 aromatic carbocycles. The van der Waals surface area contributed by atoms with Gasteiger partial charge in [-0.2, -0.15) is 18.4 Å². The Kier molecular flexibility index (Phi) is 4.14. The number of halogens is 3. The molecule has 0 aliphatic rings. The molecule has 3 aromatic rings. The zero-order valence-corrected chi connectivity index (χ0v) is 12.5. The van der Waals surface area contributed by atoms with Crippen LogP contribution in [0.2, 0.25) is 0 Å². The minimum Gasteiger partial charge on any atom is -0.476 e. The fourth-order valence-corrected chi connectivity index (χ4v) is 2.20. The number of aromatic carboxylic acids is 1. The maximum absolute atomic E-state index is 12.6. The van der Waals surface area contributed by atoms with E-state index in [1.54, 1.807) is 24.3 Å². The van der Waals surface area contributed by atoms with Gasteiger partial charge in [-0.05, 0) is 35.4 Å². The Morgan fingerprint density at radius 3 is 2.04 bits per heavy atom. The number of anilines is 2. The maximum Gasteiger partial charge on any atom is 0.416 e. The van der Waals surface area contributed by atoms with Crippen molar-refractivity contribution in [1.29, 1.82) is 0 Å². The molecular formula is C16H11F3N4O2. The summed E-state index contributed by atoms with van der Waals surface area (Å²) >= 11 is 0. The van der Waals surface area contributed by atoms with E-state index in [0.717, 1.165) is 17.7 Å². The summed E-state index contributed by atoms with van der Waals surface area (Å²) in [6, 6.07) is 11.6. The van der Waals surface area contributed by atoms with Crippen LogP contribution >= 0.6 is 0 Å². The summed E-state index contributed by atoms with van der Waals surface area (Å²) in [7, 11) is 0. The highest BCUT2D eigenvalue weighted by Crippen LogP contribution is 2.31. The molecule has 3 N–H and O–H groups in total. The lowest BCUT2D eigenvalue weighted by Crippen LogP contribution is -2.04. The largest absolute Gasteiger partial charge is 0.476 e. The van der Waals surface area contributed by atoms with E-state index in [0.29, 0.717) is 11.3 Å². The van der Waals surface area contributed by atoms with E-state index in [1.807, 2.05) is 0 Å². The minimum atomic E-state index is -4.37. The highest BCUT2D eigenvalue weighted by atomic mass is 19.4. The topological polar surface area (TPSA) is 90.9 Å². The molecule has 3 rings (SSSR count). The zero-order valence-electron chi connectivity index (χ0n) is 12.5. The van der Waals surface area contributed by atoms with Gasteiger partial charge in [-0.3, -0.25) is 0 Å². The Bertz CT molecular complexity index is 887. The van der Waals surface area contributed by atoms with E-state index < -0.39 is 17.7 Å². The van der Waals surface area contributed by atoms with Crippen LogP contribution in [0.5, 0.6) is 0 Å². The third-order valence-corrected chi connectivity index (χ3v) is 3.44. The molecular weight excluding hydrogens is 337 g/mol. The first-order valence-corrected chi connectivity index (χ1v) is 7.03. The van der Waals surface area contributed by atoms with Crippen molar-refractivity contribution in [3.8, 4) is 11.1 Å². The standard InChI is InChI=1S/C16H11F3N4O2/c17-16(18,19)11-5-1-9(2-6-11)10-3-7-12(8-4-10)20-14-13(15(24)25)21-23-22-14/h1-8H,(H,24,25)(H2,20,21,22,23). The van der Waals surface area contributed by atoms with Crippen LogP contribution in [0.25, 0.3) is 11.1 Å². The molecule has 0 bridgehead atoms. The lowest BCUT2D eigenvalue weighted by atomic mass is 10.0. The van der Waals surface area contributed by atoms with Gasteiger partial charge in [0.1, 0.15) is 0 Å². The van der Waals surface area contributed by atoms with Crippen LogP contribution in [0.4, 0.5) is 24.7 Å². The molecule has 0 unspecified atom stereocenters. The molecule has 0 aliphatic carbocycles. The SMILES string of the molecule is O=C(O)c1n[nH]nc1Nc1ccc(-c2ccc(C(F)(F)F)cc2)cc1. The van der Waals surface area contributed by atoms with Crippen molar-refractivity contribution in [3.05, 3.63) is 59.8 Å². The number of carboxylic acid groups (broad SMARTS) is 1. The predicted octanol–water partition coefficient (Wildman–Crippen LogP) is 3.93. The number of aromatic nitrogens is 3. The molecule has 1 aromatic heterocycles. The Morgan fingerprint density at radius 1 is 0.960 bits per heavy atom. The van der Waals surface area contributed by atoms with Gasteiger partial charge in [0.15, 0.2) is 5.82 Å². The van der Waals surface area contributed by atoms with Crippen LogP contribution in [0.1, 0.15) is 16.1 Å². The van der Waals surface area contributed by atoms with Gasteiger partial charge in [0.2, 0.25) is 5.69 Å². The van der Waals surface area contributed by atoms with Gasteiger partial charge in [-0.25, -0.2) is 4.79 Å². The number of alkyl halides is 3. The molecule has 128 valence electrons. The molecule has 0 aliphatic heterocycles. The average molecular weight is 348 g/mol. The highest BCUT2D eigenvalue weighted by molar-refractivity contribution is 5.91. The normalized spacial score (nSPS) is 11.3. The fraction of sp³-hybridized carbons (Fsp3) is 0.0625. The number of hydrogen-bond acceptors (Lipinski definition) is 4. The van der Waals surface area contributed by atoms with Crippen molar-refractivity contribution in [2.24, 2.45) is 0 Å². The van der Waals surface area contributed by atoms with Crippen LogP contribution in [0, 0.1) is 0 Å². The number of hydrogen-bond donors (Lipinski definition) is 3.